The van der Waals surface area contributed by atoms with Crippen LogP contribution in [-0.4, -0.2) is 19.7 Å². The van der Waals surface area contributed by atoms with E-state index in [4.69, 9.17) is 0 Å². The number of hydrogen-bond acceptors (Lipinski definition) is 3. The maximum atomic E-state index is 14.7. The van der Waals surface area contributed by atoms with Gasteiger partial charge in [-0.15, -0.1) is 0 Å². The molecule has 0 aliphatic heterocycles. The first-order chi connectivity index (χ1) is 13.2. The number of nitrogens with zero attached hydrogens (tertiary/aromatic N) is 4. The summed E-state index contributed by atoms with van der Waals surface area (Å²) in [5.41, 5.74) is 4.01. The Hall–Kier alpha value is -2.56. The number of hydrogen-bond donors (Lipinski definition) is 0. The second kappa shape index (κ2) is 7.99. The highest BCUT2D eigenvalue weighted by Crippen LogP contribution is 2.29. The maximum absolute atomic E-state index is 14.7. The first-order valence-electron chi connectivity index (χ1n) is 9.87. The van der Waals surface area contributed by atoms with Gasteiger partial charge in [-0.2, -0.15) is 5.10 Å². The molecule has 3 heterocycles. The van der Waals surface area contributed by atoms with Crippen LogP contribution < -0.4 is 0 Å². The summed E-state index contributed by atoms with van der Waals surface area (Å²) >= 11 is 0. The highest BCUT2D eigenvalue weighted by molar-refractivity contribution is 5.58. The van der Waals surface area contributed by atoms with Crippen LogP contribution in [0.2, 0.25) is 0 Å². The summed E-state index contributed by atoms with van der Waals surface area (Å²) in [6.45, 7) is 2.13. The smallest absolute Gasteiger partial charge is 0.149 e. The highest BCUT2D eigenvalue weighted by Gasteiger charge is 2.17. The minimum absolute atomic E-state index is 0.272. The summed E-state index contributed by atoms with van der Waals surface area (Å²) in [5.74, 6) is 0.412. The van der Waals surface area contributed by atoms with Gasteiger partial charge in [0.15, 0.2) is 0 Å². The second-order valence-electron chi connectivity index (χ2n) is 7.46. The molecular formula is C22H25FN4. The Morgan fingerprint density at radius 1 is 1.15 bits per heavy atom. The van der Waals surface area contributed by atoms with Gasteiger partial charge in [0.2, 0.25) is 0 Å². The van der Waals surface area contributed by atoms with Gasteiger partial charge in [0.25, 0.3) is 0 Å². The fourth-order valence-corrected chi connectivity index (χ4v) is 3.94. The predicted octanol–water partition coefficient (Wildman–Crippen LogP) is 5.15. The number of rotatable bonds is 6. The van der Waals surface area contributed by atoms with Gasteiger partial charge < -0.3 is 0 Å². The number of halogens is 1. The van der Waals surface area contributed by atoms with Crippen molar-refractivity contribution >= 4 is 0 Å². The van der Waals surface area contributed by atoms with Gasteiger partial charge in [-0.3, -0.25) is 9.97 Å². The van der Waals surface area contributed by atoms with Crippen molar-refractivity contribution < 1.29 is 4.39 Å². The Morgan fingerprint density at radius 3 is 2.78 bits per heavy atom. The largest absolute Gasteiger partial charge is 0.261 e. The molecule has 0 amide bonds. The lowest BCUT2D eigenvalue weighted by molar-refractivity contribution is 0.541. The molecule has 3 aromatic rings. The van der Waals surface area contributed by atoms with Crippen molar-refractivity contribution in [1.82, 2.24) is 19.7 Å². The van der Waals surface area contributed by atoms with Crippen LogP contribution in [-0.2, 0) is 12.8 Å². The van der Waals surface area contributed by atoms with Crippen LogP contribution in [0, 0.1) is 11.7 Å². The molecule has 1 fully saturated rings. The molecule has 0 unspecified atom stereocenters. The third-order valence-electron chi connectivity index (χ3n) is 5.32. The fourth-order valence-electron chi connectivity index (χ4n) is 3.94. The van der Waals surface area contributed by atoms with Gasteiger partial charge in [-0.05, 0) is 42.5 Å². The number of aryl methyl sites for hydroxylation is 1. The van der Waals surface area contributed by atoms with E-state index in [9.17, 15) is 4.39 Å². The van der Waals surface area contributed by atoms with E-state index in [2.05, 4.69) is 22.0 Å². The molecule has 4 nitrogen and oxygen atoms in total. The third-order valence-corrected chi connectivity index (χ3v) is 5.32. The molecule has 3 aromatic heterocycles. The molecule has 1 aliphatic rings. The number of aromatic nitrogens is 4. The van der Waals surface area contributed by atoms with Gasteiger partial charge in [-0.25, -0.2) is 9.07 Å². The van der Waals surface area contributed by atoms with Crippen LogP contribution in [0.5, 0.6) is 0 Å². The standard InChI is InChI=1S/C22H25FN4/c1-2-5-19-12-20(8-9-24-19)27-15-18(14-26-27)22-21(23)11-17(13-25-22)10-16-6-3-4-7-16/h8-9,11-16H,2-7,10H2,1H3. The van der Waals surface area contributed by atoms with E-state index in [0.717, 1.165) is 36.2 Å². The van der Waals surface area contributed by atoms with Gasteiger partial charge in [-0.1, -0.05) is 39.0 Å². The Balaban J connectivity index is 1.55. The highest BCUT2D eigenvalue weighted by atomic mass is 19.1. The van der Waals surface area contributed by atoms with Gasteiger partial charge in [0.1, 0.15) is 11.5 Å². The molecule has 4 rings (SSSR count). The Morgan fingerprint density at radius 2 is 2.00 bits per heavy atom. The maximum Gasteiger partial charge on any atom is 0.149 e. The summed E-state index contributed by atoms with van der Waals surface area (Å²) in [4.78, 5) is 8.78. The minimum atomic E-state index is -0.272. The van der Waals surface area contributed by atoms with Gasteiger partial charge in [0, 0.05) is 29.8 Å². The van der Waals surface area contributed by atoms with Crippen LogP contribution >= 0.6 is 0 Å². The van der Waals surface area contributed by atoms with Crippen molar-refractivity contribution in [3.05, 3.63) is 60.1 Å². The first-order valence-corrected chi connectivity index (χ1v) is 9.87. The Labute approximate surface area is 159 Å². The Bertz CT molecular complexity index is 912. The summed E-state index contributed by atoms with van der Waals surface area (Å²) < 4.78 is 16.4. The van der Waals surface area contributed by atoms with Crippen LogP contribution in [0.25, 0.3) is 16.9 Å². The molecule has 5 heteroatoms. The average Bonchev–Trinajstić information content (AvgIpc) is 3.34. The average molecular weight is 364 g/mol. The molecule has 0 spiro atoms. The van der Waals surface area contributed by atoms with Crippen molar-refractivity contribution in [2.45, 2.75) is 51.9 Å². The number of pyridine rings is 2. The van der Waals surface area contributed by atoms with Crippen LogP contribution in [0.4, 0.5) is 4.39 Å². The summed E-state index contributed by atoms with van der Waals surface area (Å²) in [7, 11) is 0. The zero-order valence-electron chi connectivity index (χ0n) is 15.7. The summed E-state index contributed by atoms with van der Waals surface area (Å²) in [6, 6.07) is 5.57. The van der Waals surface area contributed by atoms with E-state index in [1.165, 1.54) is 25.7 Å². The topological polar surface area (TPSA) is 43.6 Å². The van der Waals surface area contributed by atoms with Crippen molar-refractivity contribution in [3.8, 4) is 16.9 Å². The molecule has 0 N–H and O–H groups in total. The van der Waals surface area contributed by atoms with E-state index in [1.807, 2.05) is 24.5 Å². The van der Waals surface area contributed by atoms with E-state index in [-0.39, 0.29) is 5.82 Å². The zero-order valence-corrected chi connectivity index (χ0v) is 15.7. The van der Waals surface area contributed by atoms with Crippen molar-refractivity contribution in [3.63, 3.8) is 0 Å². The SMILES string of the molecule is CCCc1cc(-n2cc(-c3ncc(CC4CCCC4)cc3F)cn2)ccn1. The van der Waals surface area contributed by atoms with Crippen molar-refractivity contribution in [2.24, 2.45) is 5.92 Å². The molecule has 0 aromatic carbocycles. The minimum Gasteiger partial charge on any atom is -0.261 e. The second-order valence-corrected chi connectivity index (χ2v) is 7.46. The van der Waals surface area contributed by atoms with E-state index >= 15 is 0 Å². The first kappa shape index (κ1) is 17.8. The normalized spacial score (nSPS) is 14.7. The summed E-state index contributed by atoms with van der Waals surface area (Å²) in [5, 5.41) is 4.39. The van der Waals surface area contributed by atoms with Gasteiger partial charge >= 0.3 is 0 Å². The van der Waals surface area contributed by atoms with Gasteiger partial charge in [0.05, 0.1) is 11.9 Å². The molecule has 0 saturated heterocycles. The van der Waals surface area contributed by atoms with Crippen molar-refractivity contribution in [1.29, 1.82) is 0 Å². The third kappa shape index (κ3) is 4.07. The quantitative estimate of drug-likeness (QED) is 0.607. The summed E-state index contributed by atoms with van der Waals surface area (Å²) in [6.07, 6.45) is 15.1. The monoisotopic (exact) mass is 364 g/mol. The van der Waals surface area contributed by atoms with Crippen LogP contribution in [0.15, 0.2) is 43.0 Å². The van der Waals surface area contributed by atoms with Crippen LogP contribution in [0.1, 0.15) is 50.3 Å². The molecule has 27 heavy (non-hydrogen) atoms. The molecule has 140 valence electrons. The predicted molar refractivity (Wildman–Crippen MR) is 104 cm³/mol. The van der Waals surface area contributed by atoms with Crippen molar-refractivity contribution in [2.75, 3.05) is 0 Å². The van der Waals surface area contributed by atoms with Crippen LogP contribution in [0.3, 0.4) is 0 Å². The molecule has 0 bridgehead atoms. The van der Waals surface area contributed by atoms with E-state index in [0.29, 0.717) is 17.2 Å². The lowest BCUT2D eigenvalue weighted by atomic mass is 9.99. The molecule has 1 saturated carbocycles. The zero-order chi connectivity index (χ0) is 18.6. The molecule has 1 aliphatic carbocycles. The Kier molecular flexibility index (Phi) is 5.28. The molecule has 0 radical (unpaired) electrons. The van der Waals surface area contributed by atoms with E-state index < -0.39 is 0 Å². The lowest BCUT2D eigenvalue weighted by Gasteiger charge is -2.09. The fraction of sp³-hybridized carbons (Fsp3) is 0.409. The van der Waals surface area contributed by atoms with E-state index in [1.54, 1.807) is 23.1 Å². The molecule has 0 atom stereocenters. The lowest BCUT2D eigenvalue weighted by Crippen LogP contribution is -2.01. The molecular weight excluding hydrogens is 339 g/mol.